The van der Waals surface area contributed by atoms with E-state index in [0.29, 0.717) is 34.1 Å². The molecule has 0 bridgehead atoms. The predicted molar refractivity (Wildman–Crippen MR) is 211 cm³/mol. The summed E-state index contributed by atoms with van der Waals surface area (Å²) in [4.78, 5) is 6.60. The van der Waals surface area contributed by atoms with Gasteiger partial charge in [0.1, 0.15) is 41.5 Å². The molecule has 0 aromatic heterocycles. The Labute approximate surface area is 325 Å². The zero-order valence-electron chi connectivity index (χ0n) is 30.2. The van der Waals surface area contributed by atoms with Crippen LogP contribution in [-0.4, -0.2) is 0 Å². The van der Waals surface area contributed by atoms with Gasteiger partial charge in [-0.25, -0.2) is 22.4 Å². The van der Waals surface area contributed by atoms with Gasteiger partial charge in [-0.3, -0.25) is 0 Å². The Morgan fingerprint density at radius 2 is 0.982 bits per heavy atom. The maximum absolute atomic E-state index is 15.3. The van der Waals surface area contributed by atoms with Crippen LogP contribution in [0.4, 0.5) is 57.4 Å². The van der Waals surface area contributed by atoms with Gasteiger partial charge in [0, 0.05) is 39.2 Å². The number of halogens is 4. The number of benzene rings is 7. The minimum atomic E-state index is -0.754. The van der Waals surface area contributed by atoms with E-state index in [0.717, 1.165) is 33.0 Å². The molecule has 0 aliphatic heterocycles. The van der Waals surface area contributed by atoms with Gasteiger partial charge in [-0.05, 0) is 113 Å². The Balaban J connectivity index is 1.35. The van der Waals surface area contributed by atoms with Gasteiger partial charge in [0.25, 0.3) is 0 Å². The van der Waals surface area contributed by atoms with Gasteiger partial charge in [0.15, 0.2) is 0 Å². The molecule has 0 spiro atoms. The van der Waals surface area contributed by atoms with E-state index in [1.807, 2.05) is 80.6 Å². The van der Waals surface area contributed by atoms with Crippen LogP contribution in [0.25, 0.3) is 26.7 Å². The third-order valence-electron chi connectivity index (χ3n) is 10.4. The molecule has 0 saturated heterocycles. The third-order valence-corrected chi connectivity index (χ3v) is 10.4. The molecule has 10 heteroatoms. The standard InChI is InChI=1S/C47H26F4N6/c1-47(2)38-18-30(56(31-11-8-27(24-52)40(48)19-31)32-15-17-44(55-3)43(51)22-32)14-16-37(38)46-36-7-5-4-6-35(36)45(23-39(46)47)57(33-12-9-28(25-53)41(49)20-33)34-13-10-29(26-54)42(50)21-34/h4-23H,1-2H3. The van der Waals surface area contributed by atoms with E-state index >= 15 is 17.6 Å². The lowest BCUT2D eigenvalue weighted by Gasteiger charge is -2.30. The van der Waals surface area contributed by atoms with Crippen LogP contribution in [0.2, 0.25) is 0 Å². The quantitative estimate of drug-likeness (QED) is 0.125. The Morgan fingerprint density at radius 3 is 1.47 bits per heavy atom. The van der Waals surface area contributed by atoms with Crippen LogP contribution in [0.3, 0.4) is 0 Å². The van der Waals surface area contributed by atoms with E-state index in [1.165, 1.54) is 48.5 Å². The Hall–Kier alpha value is -7.92. The number of fused-ring (bicyclic) bond motifs is 5. The van der Waals surface area contributed by atoms with Gasteiger partial charge < -0.3 is 9.80 Å². The summed E-state index contributed by atoms with van der Waals surface area (Å²) in [5, 5.41) is 30.0. The minimum Gasteiger partial charge on any atom is -0.310 e. The van der Waals surface area contributed by atoms with Crippen molar-refractivity contribution >= 4 is 50.6 Å². The summed E-state index contributed by atoms with van der Waals surface area (Å²) in [5.74, 6) is -3.01. The highest BCUT2D eigenvalue weighted by molar-refractivity contribution is 6.10. The monoisotopic (exact) mass is 750 g/mol. The van der Waals surface area contributed by atoms with Crippen LogP contribution in [-0.2, 0) is 5.41 Å². The van der Waals surface area contributed by atoms with Gasteiger partial charge in [-0.1, -0.05) is 50.2 Å². The number of nitrogens with zero attached hydrogens (tertiary/aromatic N) is 6. The summed E-state index contributed by atoms with van der Waals surface area (Å²) in [6, 6.07) is 37.5. The summed E-state index contributed by atoms with van der Waals surface area (Å²) in [6.45, 7) is 11.4. The van der Waals surface area contributed by atoms with Crippen LogP contribution < -0.4 is 9.80 Å². The second kappa shape index (κ2) is 13.7. The highest BCUT2D eigenvalue weighted by Crippen LogP contribution is 2.56. The number of hydrogen-bond donors (Lipinski definition) is 0. The van der Waals surface area contributed by atoms with E-state index in [2.05, 4.69) is 4.85 Å². The van der Waals surface area contributed by atoms with Crippen LogP contribution in [0, 0.1) is 63.8 Å². The number of hydrogen-bond acceptors (Lipinski definition) is 5. The van der Waals surface area contributed by atoms with E-state index in [9.17, 15) is 15.8 Å². The van der Waals surface area contributed by atoms with Crippen molar-refractivity contribution in [3.05, 3.63) is 184 Å². The molecule has 0 heterocycles. The van der Waals surface area contributed by atoms with Crippen molar-refractivity contribution in [2.45, 2.75) is 19.3 Å². The molecule has 0 saturated carbocycles. The molecule has 6 nitrogen and oxygen atoms in total. The van der Waals surface area contributed by atoms with E-state index < -0.39 is 28.7 Å². The smallest absolute Gasteiger partial charge is 0.222 e. The molecule has 1 aliphatic carbocycles. The first-order valence-corrected chi connectivity index (χ1v) is 17.6. The number of rotatable bonds is 6. The molecular formula is C47H26F4N6. The molecule has 7 aromatic rings. The predicted octanol–water partition coefficient (Wildman–Crippen LogP) is 12.8. The highest BCUT2D eigenvalue weighted by atomic mass is 19.1. The fourth-order valence-electron chi connectivity index (χ4n) is 7.68. The van der Waals surface area contributed by atoms with E-state index in [4.69, 9.17) is 6.57 Å². The average molecular weight is 751 g/mol. The van der Waals surface area contributed by atoms with Gasteiger partial charge in [0.2, 0.25) is 5.69 Å². The average Bonchev–Trinajstić information content (AvgIpc) is 3.43. The minimum absolute atomic E-state index is 0.150. The summed E-state index contributed by atoms with van der Waals surface area (Å²) in [5.41, 5.74) is 4.70. The van der Waals surface area contributed by atoms with Gasteiger partial charge in [-0.2, -0.15) is 15.8 Å². The Bertz CT molecular complexity index is 2890. The molecule has 0 unspecified atom stereocenters. The molecule has 1 aliphatic rings. The SMILES string of the molecule is [C-]#[N+]c1ccc(N(c2ccc(C#N)c(F)c2)c2ccc3c(c2)C(C)(C)c2cc(N(c4ccc(C#N)c(F)c4)c4ccc(C#N)c(F)c4)c4ccccc4c2-3)cc1F. The van der Waals surface area contributed by atoms with Crippen LogP contribution in [0.5, 0.6) is 0 Å². The molecule has 0 atom stereocenters. The second-order valence-corrected chi connectivity index (χ2v) is 14.0. The lowest BCUT2D eigenvalue weighted by Crippen LogP contribution is -2.18. The van der Waals surface area contributed by atoms with Crippen molar-refractivity contribution in [3.63, 3.8) is 0 Å². The zero-order valence-corrected chi connectivity index (χ0v) is 30.2. The summed E-state index contributed by atoms with van der Waals surface area (Å²) in [7, 11) is 0. The molecule has 7 aromatic carbocycles. The Morgan fingerprint density at radius 1 is 0.526 bits per heavy atom. The van der Waals surface area contributed by atoms with Crippen LogP contribution in [0.15, 0.2) is 121 Å². The molecule has 0 radical (unpaired) electrons. The van der Waals surface area contributed by atoms with Gasteiger partial charge in [-0.15, -0.1) is 0 Å². The molecule has 0 amide bonds. The van der Waals surface area contributed by atoms with E-state index in [-0.39, 0.29) is 22.4 Å². The molecule has 272 valence electrons. The van der Waals surface area contributed by atoms with Crippen molar-refractivity contribution in [2.75, 3.05) is 9.80 Å². The van der Waals surface area contributed by atoms with Crippen LogP contribution >= 0.6 is 0 Å². The van der Waals surface area contributed by atoms with Crippen LogP contribution in [0.1, 0.15) is 41.7 Å². The topological polar surface area (TPSA) is 82.2 Å². The largest absolute Gasteiger partial charge is 0.310 e. The zero-order chi connectivity index (χ0) is 40.2. The molecule has 8 rings (SSSR count). The second-order valence-electron chi connectivity index (χ2n) is 14.0. The summed E-state index contributed by atoms with van der Waals surface area (Å²) >= 11 is 0. The third kappa shape index (κ3) is 5.85. The molecule has 0 fully saturated rings. The first-order chi connectivity index (χ1) is 27.5. The van der Waals surface area contributed by atoms with Crippen molar-refractivity contribution in [1.29, 1.82) is 15.8 Å². The van der Waals surface area contributed by atoms with Crippen molar-refractivity contribution in [2.24, 2.45) is 0 Å². The van der Waals surface area contributed by atoms with E-state index in [1.54, 1.807) is 34.1 Å². The number of nitriles is 3. The fourth-order valence-corrected chi connectivity index (χ4v) is 7.68. The summed E-state index contributed by atoms with van der Waals surface area (Å²) in [6.07, 6.45) is 0. The molecule has 0 N–H and O–H groups in total. The maximum Gasteiger partial charge on any atom is 0.222 e. The normalized spacial score (nSPS) is 12.1. The molecular weight excluding hydrogens is 725 g/mol. The van der Waals surface area contributed by atoms with Gasteiger partial charge >= 0.3 is 0 Å². The van der Waals surface area contributed by atoms with Crippen molar-refractivity contribution < 1.29 is 17.6 Å². The lowest BCUT2D eigenvalue weighted by atomic mass is 9.81. The first-order valence-electron chi connectivity index (χ1n) is 17.6. The van der Waals surface area contributed by atoms with Crippen molar-refractivity contribution in [1.82, 2.24) is 0 Å². The number of anilines is 6. The van der Waals surface area contributed by atoms with Crippen molar-refractivity contribution in [3.8, 4) is 29.3 Å². The fraction of sp³-hybridized carbons (Fsp3) is 0.0638. The highest BCUT2D eigenvalue weighted by Gasteiger charge is 2.39. The Kier molecular flexibility index (Phi) is 8.69. The maximum atomic E-state index is 15.3. The summed E-state index contributed by atoms with van der Waals surface area (Å²) < 4.78 is 60.9. The first kappa shape index (κ1) is 36.1. The molecule has 57 heavy (non-hydrogen) atoms. The lowest BCUT2D eigenvalue weighted by molar-refractivity contribution is 0.623. The van der Waals surface area contributed by atoms with Gasteiger partial charge in [0.05, 0.1) is 28.9 Å².